The fourth-order valence-corrected chi connectivity index (χ4v) is 3.09. The Morgan fingerprint density at radius 2 is 1.90 bits per heavy atom. The molecule has 104 valence electrons. The predicted molar refractivity (Wildman–Crippen MR) is 72.7 cm³/mol. The van der Waals surface area contributed by atoms with E-state index in [9.17, 15) is 13.2 Å². The Kier molecular flexibility index (Phi) is 3.03. The molecule has 0 aliphatic carbocycles. The second-order valence-electron chi connectivity index (χ2n) is 4.45. The van der Waals surface area contributed by atoms with Gasteiger partial charge in [-0.25, -0.2) is 13.5 Å². The number of benzene rings is 1. The molecule has 0 spiro atoms. The van der Waals surface area contributed by atoms with Crippen LogP contribution in [0.5, 0.6) is 0 Å². The summed E-state index contributed by atoms with van der Waals surface area (Å²) >= 11 is 0. The van der Waals surface area contributed by atoms with Gasteiger partial charge in [0.25, 0.3) is 15.6 Å². The molecule has 20 heavy (non-hydrogen) atoms. The molecule has 2 heterocycles. The van der Waals surface area contributed by atoms with Crippen molar-refractivity contribution >= 4 is 15.8 Å². The van der Waals surface area contributed by atoms with Gasteiger partial charge in [-0.15, -0.1) is 0 Å². The van der Waals surface area contributed by atoms with Crippen molar-refractivity contribution in [2.75, 3.05) is 4.72 Å². The zero-order valence-corrected chi connectivity index (χ0v) is 11.2. The van der Waals surface area contributed by atoms with Crippen LogP contribution in [0.4, 0.5) is 5.82 Å². The third kappa shape index (κ3) is 2.43. The van der Waals surface area contributed by atoms with Crippen LogP contribution in [0.3, 0.4) is 0 Å². The van der Waals surface area contributed by atoms with Crippen LogP contribution in [0.25, 0.3) is 0 Å². The first-order chi connectivity index (χ1) is 9.54. The lowest BCUT2D eigenvalue weighted by molar-refractivity contribution is 0.600. The van der Waals surface area contributed by atoms with Crippen molar-refractivity contribution in [2.24, 2.45) is 0 Å². The molecule has 2 aromatic rings. The number of H-pyrrole nitrogens is 1. The molecule has 0 amide bonds. The summed E-state index contributed by atoms with van der Waals surface area (Å²) in [6.45, 7) is 1.42. The summed E-state index contributed by atoms with van der Waals surface area (Å²) in [6.07, 6.45) is 0. The molecule has 1 aliphatic heterocycles. The number of aromatic amines is 1. The van der Waals surface area contributed by atoms with Crippen LogP contribution in [0, 0.1) is 0 Å². The van der Waals surface area contributed by atoms with E-state index in [0.717, 1.165) is 17.7 Å². The zero-order valence-electron chi connectivity index (χ0n) is 10.4. The number of hydrogen-bond acceptors (Lipinski definition) is 5. The quantitative estimate of drug-likeness (QED) is 0.748. The fraction of sp³-hybridized carbons (Fsp3) is 0.167. The van der Waals surface area contributed by atoms with E-state index < -0.39 is 15.6 Å². The molecule has 0 unspecified atom stereocenters. The molecule has 0 fully saturated rings. The lowest BCUT2D eigenvalue weighted by atomic mass is 10.1. The van der Waals surface area contributed by atoms with Crippen molar-refractivity contribution in [3.8, 4) is 0 Å². The molecule has 0 atom stereocenters. The minimum absolute atomic E-state index is 0.0724. The van der Waals surface area contributed by atoms with Crippen molar-refractivity contribution in [3.63, 3.8) is 0 Å². The van der Waals surface area contributed by atoms with Crippen molar-refractivity contribution in [1.82, 2.24) is 15.5 Å². The molecule has 1 aliphatic rings. The van der Waals surface area contributed by atoms with Gasteiger partial charge in [0, 0.05) is 19.2 Å². The minimum Gasteiger partial charge on any atom is -0.309 e. The standard InChI is InChI=1S/C12H12N4O3S/c17-12-4-3-11(14-15-12)16-20(18,19)10-2-1-8-6-13-7-9(8)5-10/h1-5,13H,6-7H2,(H,14,16)(H,15,17). The number of anilines is 1. The molecular formula is C12H12N4O3S. The first-order valence-electron chi connectivity index (χ1n) is 5.96. The summed E-state index contributed by atoms with van der Waals surface area (Å²) in [5, 5.41) is 8.95. The number of nitrogens with zero attached hydrogens (tertiary/aromatic N) is 1. The summed E-state index contributed by atoms with van der Waals surface area (Å²) in [4.78, 5) is 11.1. The number of hydrogen-bond donors (Lipinski definition) is 3. The van der Waals surface area contributed by atoms with Crippen molar-refractivity contribution < 1.29 is 8.42 Å². The summed E-state index contributed by atoms with van der Waals surface area (Å²) in [7, 11) is -3.71. The first-order valence-corrected chi connectivity index (χ1v) is 7.44. The molecule has 0 radical (unpaired) electrons. The average Bonchev–Trinajstić information content (AvgIpc) is 2.88. The van der Waals surface area contributed by atoms with Gasteiger partial charge in [-0.05, 0) is 29.3 Å². The number of sulfonamides is 1. The van der Waals surface area contributed by atoms with Crippen LogP contribution >= 0.6 is 0 Å². The van der Waals surface area contributed by atoms with E-state index in [4.69, 9.17) is 0 Å². The Balaban J connectivity index is 1.92. The molecule has 3 N–H and O–H groups in total. The summed E-state index contributed by atoms with van der Waals surface area (Å²) in [5.41, 5.74) is 1.69. The Hall–Kier alpha value is -2.19. The monoisotopic (exact) mass is 292 g/mol. The van der Waals surface area contributed by atoms with Crippen LogP contribution in [0.2, 0.25) is 0 Å². The third-order valence-electron chi connectivity index (χ3n) is 3.04. The third-order valence-corrected chi connectivity index (χ3v) is 4.39. The van der Waals surface area contributed by atoms with E-state index in [1.165, 1.54) is 12.1 Å². The SMILES string of the molecule is O=c1ccc(NS(=O)(=O)c2ccc3c(c2)CNC3)n[nH]1. The molecule has 1 aromatic carbocycles. The Morgan fingerprint density at radius 1 is 1.10 bits per heavy atom. The summed E-state index contributed by atoms with van der Waals surface area (Å²) < 4.78 is 26.8. The van der Waals surface area contributed by atoms with E-state index in [2.05, 4.69) is 20.2 Å². The first kappa shape index (κ1) is 12.8. The lowest BCUT2D eigenvalue weighted by Gasteiger charge is -2.08. The van der Waals surface area contributed by atoms with E-state index in [0.29, 0.717) is 6.54 Å². The van der Waals surface area contributed by atoms with Gasteiger partial charge in [0.05, 0.1) is 4.90 Å². The van der Waals surface area contributed by atoms with Crippen LogP contribution in [-0.2, 0) is 23.1 Å². The Labute approximate surface area is 115 Å². The fourth-order valence-electron chi connectivity index (χ4n) is 2.04. The normalized spacial score (nSPS) is 14.0. The molecular weight excluding hydrogens is 280 g/mol. The predicted octanol–water partition coefficient (Wildman–Crippen LogP) is 0.174. The number of fused-ring (bicyclic) bond motifs is 1. The number of rotatable bonds is 3. The van der Waals surface area contributed by atoms with E-state index >= 15 is 0 Å². The van der Waals surface area contributed by atoms with Gasteiger partial charge in [0.15, 0.2) is 5.82 Å². The van der Waals surface area contributed by atoms with E-state index in [1.807, 2.05) is 0 Å². The topological polar surface area (TPSA) is 104 Å². The molecule has 7 nitrogen and oxygen atoms in total. The maximum absolute atomic E-state index is 12.2. The highest BCUT2D eigenvalue weighted by molar-refractivity contribution is 7.92. The van der Waals surface area contributed by atoms with Gasteiger partial charge in [-0.3, -0.25) is 9.52 Å². The highest BCUT2D eigenvalue weighted by Gasteiger charge is 2.18. The van der Waals surface area contributed by atoms with Crippen LogP contribution < -0.4 is 15.6 Å². The Morgan fingerprint density at radius 3 is 2.65 bits per heavy atom. The molecule has 0 saturated heterocycles. The van der Waals surface area contributed by atoms with Crippen molar-refractivity contribution in [2.45, 2.75) is 18.0 Å². The maximum Gasteiger partial charge on any atom is 0.264 e. The minimum atomic E-state index is -3.71. The van der Waals surface area contributed by atoms with Crippen LogP contribution in [-0.4, -0.2) is 18.6 Å². The van der Waals surface area contributed by atoms with Crippen LogP contribution in [0.1, 0.15) is 11.1 Å². The molecule has 0 saturated carbocycles. The molecule has 0 bridgehead atoms. The van der Waals surface area contributed by atoms with E-state index in [1.54, 1.807) is 18.2 Å². The molecule has 1 aromatic heterocycles. The Bertz CT molecular complexity index is 793. The highest BCUT2D eigenvalue weighted by atomic mass is 32.2. The largest absolute Gasteiger partial charge is 0.309 e. The van der Waals surface area contributed by atoms with Gasteiger partial charge in [0.1, 0.15) is 0 Å². The van der Waals surface area contributed by atoms with Crippen molar-refractivity contribution in [3.05, 3.63) is 51.8 Å². The van der Waals surface area contributed by atoms with Gasteiger partial charge in [-0.1, -0.05) is 6.07 Å². The van der Waals surface area contributed by atoms with Crippen molar-refractivity contribution in [1.29, 1.82) is 0 Å². The van der Waals surface area contributed by atoms with E-state index in [-0.39, 0.29) is 10.7 Å². The highest BCUT2D eigenvalue weighted by Crippen LogP contribution is 2.21. The molecule has 8 heteroatoms. The van der Waals surface area contributed by atoms with Gasteiger partial charge < -0.3 is 5.32 Å². The number of nitrogens with one attached hydrogen (secondary N) is 3. The van der Waals surface area contributed by atoms with Gasteiger partial charge in [0.2, 0.25) is 0 Å². The summed E-state index contributed by atoms with van der Waals surface area (Å²) in [5.74, 6) is 0.0724. The van der Waals surface area contributed by atoms with Crippen LogP contribution in [0.15, 0.2) is 40.0 Å². The second kappa shape index (κ2) is 4.73. The smallest absolute Gasteiger partial charge is 0.264 e. The summed E-state index contributed by atoms with van der Waals surface area (Å²) in [6, 6.07) is 7.51. The van der Waals surface area contributed by atoms with Gasteiger partial charge >= 0.3 is 0 Å². The molecule has 3 rings (SSSR count). The lowest BCUT2D eigenvalue weighted by Crippen LogP contribution is -2.16. The second-order valence-corrected chi connectivity index (χ2v) is 6.13. The zero-order chi connectivity index (χ0) is 14.2. The van der Waals surface area contributed by atoms with Gasteiger partial charge in [-0.2, -0.15) is 5.10 Å². The number of aromatic nitrogens is 2. The average molecular weight is 292 g/mol. The maximum atomic E-state index is 12.2.